The molecule has 4 nitrogen and oxygen atoms in total. The van der Waals surface area contributed by atoms with Crippen molar-refractivity contribution in [2.45, 2.75) is 0 Å². The Bertz CT molecular complexity index is 1010. The predicted octanol–water partition coefficient (Wildman–Crippen LogP) is 4.71. The summed E-state index contributed by atoms with van der Waals surface area (Å²) in [4.78, 5) is 0. The number of benzene rings is 3. The van der Waals surface area contributed by atoms with Crippen LogP contribution in [0.4, 0.5) is 0 Å². The Morgan fingerprint density at radius 1 is 0.760 bits per heavy atom. The van der Waals surface area contributed by atoms with Crippen LogP contribution >= 0.6 is 0 Å². The highest BCUT2D eigenvalue weighted by molar-refractivity contribution is 5.95. The fourth-order valence-corrected chi connectivity index (χ4v) is 2.97. The van der Waals surface area contributed by atoms with E-state index in [1.807, 2.05) is 65.3 Å². The van der Waals surface area contributed by atoms with Gasteiger partial charge in [-0.1, -0.05) is 30.3 Å². The van der Waals surface area contributed by atoms with Crippen LogP contribution in [0.15, 0.2) is 72.8 Å². The molecule has 124 valence electrons. The largest absolute Gasteiger partial charge is 0.497 e. The molecule has 0 amide bonds. The second-order valence-electron chi connectivity index (χ2n) is 5.71. The Morgan fingerprint density at radius 3 is 2.12 bits per heavy atom. The van der Waals surface area contributed by atoms with Crippen molar-refractivity contribution in [1.82, 2.24) is 9.78 Å². The van der Waals surface area contributed by atoms with Crippen LogP contribution in [0.3, 0.4) is 0 Å². The maximum absolute atomic E-state index is 5.40. The highest BCUT2D eigenvalue weighted by atomic mass is 16.5. The van der Waals surface area contributed by atoms with Crippen molar-refractivity contribution in [2.24, 2.45) is 0 Å². The summed E-state index contributed by atoms with van der Waals surface area (Å²) in [5, 5.41) is 5.87. The third-order valence-electron chi connectivity index (χ3n) is 4.24. The van der Waals surface area contributed by atoms with Gasteiger partial charge in [0.05, 0.1) is 31.1 Å². The second-order valence-corrected chi connectivity index (χ2v) is 5.71. The summed E-state index contributed by atoms with van der Waals surface area (Å²) in [5.41, 5.74) is 4.05. The molecule has 4 rings (SSSR count). The molecule has 4 heteroatoms. The first-order valence-corrected chi connectivity index (χ1v) is 8.07. The molecule has 0 atom stereocenters. The predicted molar refractivity (Wildman–Crippen MR) is 99.6 cm³/mol. The van der Waals surface area contributed by atoms with E-state index in [1.54, 1.807) is 14.2 Å². The van der Waals surface area contributed by atoms with Crippen molar-refractivity contribution in [3.05, 3.63) is 72.8 Å². The second kappa shape index (κ2) is 6.32. The number of hydrogen-bond donors (Lipinski definition) is 0. The number of nitrogens with zero attached hydrogens (tertiary/aromatic N) is 2. The molecule has 0 spiro atoms. The van der Waals surface area contributed by atoms with E-state index in [0.717, 1.165) is 39.3 Å². The SMILES string of the molecule is COc1ccc(-n2nc3ccc(OC)cc3c2-c2ccccc2)cc1. The Kier molecular flexibility index (Phi) is 3.86. The van der Waals surface area contributed by atoms with E-state index >= 15 is 0 Å². The minimum absolute atomic E-state index is 0.818. The molecule has 3 aromatic carbocycles. The summed E-state index contributed by atoms with van der Waals surface area (Å²) in [7, 11) is 3.34. The summed E-state index contributed by atoms with van der Waals surface area (Å²) in [6.07, 6.45) is 0. The first kappa shape index (κ1) is 15.3. The van der Waals surface area contributed by atoms with E-state index in [1.165, 1.54) is 0 Å². The summed E-state index contributed by atoms with van der Waals surface area (Å²) in [6, 6.07) is 24.1. The Labute approximate surface area is 146 Å². The smallest absolute Gasteiger partial charge is 0.119 e. The third-order valence-corrected chi connectivity index (χ3v) is 4.24. The minimum atomic E-state index is 0.818. The average Bonchev–Trinajstić information content (AvgIpc) is 3.07. The van der Waals surface area contributed by atoms with Gasteiger partial charge in [0.25, 0.3) is 0 Å². The zero-order valence-corrected chi connectivity index (χ0v) is 14.1. The zero-order valence-electron chi connectivity index (χ0n) is 14.1. The average molecular weight is 330 g/mol. The van der Waals surface area contributed by atoms with Crippen LogP contribution in [0.25, 0.3) is 27.8 Å². The van der Waals surface area contributed by atoms with E-state index < -0.39 is 0 Å². The minimum Gasteiger partial charge on any atom is -0.497 e. The fourth-order valence-electron chi connectivity index (χ4n) is 2.97. The summed E-state index contributed by atoms with van der Waals surface area (Å²) in [5.74, 6) is 1.64. The zero-order chi connectivity index (χ0) is 17.2. The number of hydrogen-bond acceptors (Lipinski definition) is 3. The lowest BCUT2D eigenvalue weighted by atomic mass is 10.1. The van der Waals surface area contributed by atoms with E-state index in [4.69, 9.17) is 14.6 Å². The van der Waals surface area contributed by atoms with E-state index in [-0.39, 0.29) is 0 Å². The summed E-state index contributed by atoms with van der Waals surface area (Å²) >= 11 is 0. The van der Waals surface area contributed by atoms with Gasteiger partial charge in [-0.3, -0.25) is 0 Å². The molecule has 0 aliphatic rings. The third kappa shape index (κ3) is 2.72. The van der Waals surface area contributed by atoms with E-state index in [2.05, 4.69) is 12.1 Å². The molecule has 0 aliphatic carbocycles. The molecule has 1 heterocycles. The molecule has 25 heavy (non-hydrogen) atoms. The highest BCUT2D eigenvalue weighted by Gasteiger charge is 2.15. The normalized spacial score (nSPS) is 10.8. The fraction of sp³-hybridized carbons (Fsp3) is 0.0952. The lowest BCUT2D eigenvalue weighted by Crippen LogP contribution is -1.99. The van der Waals surface area contributed by atoms with Gasteiger partial charge in [0, 0.05) is 10.9 Å². The number of ether oxygens (including phenoxy) is 2. The lowest BCUT2D eigenvalue weighted by molar-refractivity contribution is 0.414. The topological polar surface area (TPSA) is 36.3 Å². The van der Waals surface area contributed by atoms with Crippen LogP contribution in [-0.2, 0) is 0 Å². The number of methoxy groups -OCH3 is 2. The van der Waals surface area contributed by atoms with Crippen LogP contribution in [0, 0.1) is 0 Å². The van der Waals surface area contributed by atoms with Gasteiger partial charge in [0.15, 0.2) is 0 Å². The van der Waals surface area contributed by atoms with E-state index in [0.29, 0.717) is 0 Å². The van der Waals surface area contributed by atoms with Gasteiger partial charge in [0.1, 0.15) is 11.5 Å². The first-order chi connectivity index (χ1) is 12.3. The van der Waals surface area contributed by atoms with Crippen molar-refractivity contribution in [3.8, 4) is 28.4 Å². The quantitative estimate of drug-likeness (QED) is 0.544. The van der Waals surface area contributed by atoms with E-state index in [9.17, 15) is 0 Å². The van der Waals surface area contributed by atoms with Gasteiger partial charge in [-0.2, -0.15) is 5.10 Å². The number of rotatable bonds is 4. The Balaban J connectivity index is 1.99. The number of fused-ring (bicyclic) bond motifs is 1. The van der Waals surface area contributed by atoms with Gasteiger partial charge in [-0.05, 0) is 42.5 Å². The van der Waals surface area contributed by atoms with Crippen LogP contribution < -0.4 is 9.47 Å². The molecule has 0 unspecified atom stereocenters. The molecule has 0 aliphatic heterocycles. The molecule has 0 N–H and O–H groups in total. The summed E-state index contributed by atoms with van der Waals surface area (Å²) in [6.45, 7) is 0. The van der Waals surface area contributed by atoms with Gasteiger partial charge >= 0.3 is 0 Å². The maximum Gasteiger partial charge on any atom is 0.119 e. The van der Waals surface area contributed by atoms with Crippen molar-refractivity contribution >= 4 is 10.9 Å². The molecule has 1 aromatic heterocycles. The van der Waals surface area contributed by atoms with Gasteiger partial charge in [-0.25, -0.2) is 4.68 Å². The van der Waals surface area contributed by atoms with Crippen LogP contribution in [0.1, 0.15) is 0 Å². The molecular formula is C21H18N2O2. The van der Waals surface area contributed by atoms with Crippen LogP contribution in [-0.4, -0.2) is 24.0 Å². The van der Waals surface area contributed by atoms with Gasteiger partial charge in [0.2, 0.25) is 0 Å². The maximum atomic E-state index is 5.40. The monoisotopic (exact) mass is 330 g/mol. The standard InChI is InChI=1S/C21H18N2O2/c1-24-17-10-8-16(9-11-17)23-21(15-6-4-3-5-7-15)19-14-18(25-2)12-13-20(19)22-23/h3-14H,1-2H3. The summed E-state index contributed by atoms with van der Waals surface area (Å²) < 4.78 is 12.6. The highest BCUT2D eigenvalue weighted by Crippen LogP contribution is 2.33. The van der Waals surface area contributed by atoms with Crippen LogP contribution in [0.2, 0.25) is 0 Å². The molecule has 4 aromatic rings. The number of aromatic nitrogens is 2. The van der Waals surface area contributed by atoms with Crippen molar-refractivity contribution in [3.63, 3.8) is 0 Å². The molecule has 0 saturated carbocycles. The van der Waals surface area contributed by atoms with Gasteiger partial charge < -0.3 is 9.47 Å². The molecule has 0 bridgehead atoms. The molecule has 0 radical (unpaired) electrons. The van der Waals surface area contributed by atoms with Crippen LogP contribution in [0.5, 0.6) is 11.5 Å². The Morgan fingerprint density at radius 2 is 1.44 bits per heavy atom. The lowest BCUT2D eigenvalue weighted by Gasteiger charge is -2.09. The van der Waals surface area contributed by atoms with Crippen molar-refractivity contribution in [2.75, 3.05) is 14.2 Å². The molecule has 0 fully saturated rings. The van der Waals surface area contributed by atoms with Crippen molar-refractivity contribution < 1.29 is 9.47 Å². The van der Waals surface area contributed by atoms with Crippen molar-refractivity contribution in [1.29, 1.82) is 0 Å². The molecule has 0 saturated heterocycles. The first-order valence-electron chi connectivity index (χ1n) is 8.07. The van der Waals surface area contributed by atoms with Gasteiger partial charge in [-0.15, -0.1) is 0 Å². The molecular weight excluding hydrogens is 312 g/mol. The Hall–Kier alpha value is -3.27.